The number of thiazole rings is 1. The summed E-state index contributed by atoms with van der Waals surface area (Å²) in [6.07, 6.45) is 8.23. The minimum atomic E-state index is -0.609. The Morgan fingerprint density at radius 2 is 1.94 bits per heavy atom. The summed E-state index contributed by atoms with van der Waals surface area (Å²) in [5, 5.41) is 10.4. The fraction of sp³-hybridized carbons (Fsp3) is 0.458. The van der Waals surface area contributed by atoms with E-state index in [-0.39, 0.29) is 30.5 Å². The van der Waals surface area contributed by atoms with Gasteiger partial charge in [-0.3, -0.25) is 9.59 Å². The van der Waals surface area contributed by atoms with Crippen LogP contribution in [0.5, 0.6) is 0 Å². The predicted octanol–water partition coefficient (Wildman–Crippen LogP) is 4.51. The van der Waals surface area contributed by atoms with E-state index < -0.39 is 5.54 Å². The summed E-state index contributed by atoms with van der Waals surface area (Å²) in [6.45, 7) is 1.50. The molecule has 180 valence electrons. The Bertz CT molecular complexity index is 1140. The van der Waals surface area contributed by atoms with Crippen LogP contribution in [0, 0.1) is 5.82 Å². The molecule has 34 heavy (non-hydrogen) atoms. The maximum absolute atomic E-state index is 13.9. The van der Waals surface area contributed by atoms with Crippen molar-refractivity contribution in [2.24, 2.45) is 0 Å². The lowest BCUT2D eigenvalue weighted by atomic mass is 9.89. The highest BCUT2D eigenvalue weighted by Gasteiger charge is 2.38. The first-order valence-electron chi connectivity index (χ1n) is 11.5. The standard InChI is InChI=1S/C24H28FN5O3S/c1-16(31)29-24(12-6-2-3-7-13-24)22-28-21(33-30-22)11-10-20(32)27-23-26-15-18(34-23)14-17-8-4-5-9-19(17)25/h4-5,8-9,15H,2-3,6-7,10-14H2,1H3,(H,29,31)(H,26,27,32). The Balaban J connectivity index is 1.33. The predicted molar refractivity (Wildman–Crippen MR) is 126 cm³/mol. The van der Waals surface area contributed by atoms with Crippen LogP contribution < -0.4 is 10.6 Å². The molecule has 3 aromatic rings. The number of carbonyl (C=O) groups is 2. The van der Waals surface area contributed by atoms with Crippen LogP contribution >= 0.6 is 11.3 Å². The van der Waals surface area contributed by atoms with E-state index in [9.17, 15) is 14.0 Å². The minimum Gasteiger partial charge on any atom is -0.343 e. The quantitative estimate of drug-likeness (QED) is 0.454. The molecule has 0 atom stereocenters. The van der Waals surface area contributed by atoms with Crippen LogP contribution in [0.4, 0.5) is 9.52 Å². The number of halogens is 1. The van der Waals surface area contributed by atoms with Crippen molar-refractivity contribution < 1.29 is 18.5 Å². The molecule has 2 heterocycles. The first-order chi connectivity index (χ1) is 16.4. The molecule has 4 rings (SSSR count). The number of nitrogens with one attached hydrogen (secondary N) is 2. The van der Waals surface area contributed by atoms with E-state index in [1.54, 1.807) is 24.4 Å². The largest absolute Gasteiger partial charge is 0.343 e. The van der Waals surface area contributed by atoms with Gasteiger partial charge in [0.25, 0.3) is 0 Å². The van der Waals surface area contributed by atoms with Gasteiger partial charge in [-0.25, -0.2) is 9.37 Å². The number of hydrogen-bond acceptors (Lipinski definition) is 7. The highest BCUT2D eigenvalue weighted by molar-refractivity contribution is 7.15. The molecule has 1 aliphatic carbocycles. The van der Waals surface area contributed by atoms with Gasteiger partial charge in [-0.05, 0) is 24.5 Å². The fourth-order valence-corrected chi connectivity index (χ4v) is 5.15. The number of rotatable bonds is 8. The van der Waals surface area contributed by atoms with Crippen LogP contribution in [0.1, 0.15) is 74.0 Å². The van der Waals surface area contributed by atoms with Crippen LogP contribution in [-0.4, -0.2) is 26.9 Å². The second kappa shape index (κ2) is 10.9. The Morgan fingerprint density at radius 1 is 1.18 bits per heavy atom. The Hall–Kier alpha value is -3.14. The zero-order valence-corrected chi connectivity index (χ0v) is 19.9. The summed E-state index contributed by atoms with van der Waals surface area (Å²) in [7, 11) is 0. The molecule has 0 unspecified atom stereocenters. The number of hydrogen-bond donors (Lipinski definition) is 2. The molecule has 10 heteroatoms. The van der Waals surface area contributed by atoms with Gasteiger partial charge in [0, 0.05) is 37.3 Å². The van der Waals surface area contributed by atoms with Gasteiger partial charge < -0.3 is 15.2 Å². The van der Waals surface area contributed by atoms with Crippen LogP contribution in [0.3, 0.4) is 0 Å². The van der Waals surface area contributed by atoms with Gasteiger partial charge in [0.2, 0.25) is 17.7 Å². The summed E-state index contributed by atoms with van der Waals surface area (Å²) in [4.78, 5) is 33.9. The molecule has 8 nitrogen and oxygen atoms in total. The molecule has 2 amide bonds. The fourth-order valence-electron chi connectivity index (χ4n) is 4.30. The van der Waals surface area contributed by atoms with Gasteiger partial charge in [-0.2, -0.15) is 4.98 Å². The highest BCUT2D eigenvalue weighted by Crippen LogP contribution is 2.34. The van der Waals surface area contributed by atoms with Crippen molar-refractivity contribution in [2.45, 2.75) is 70.3 Å². The lowest BCUT2D eigenvalue weighted by molar-refractivity contribution is -0.121. The third-order valence-corrected chi connectivity index (χ3v) is 6.87. The van der Waals surface area contributed by atoms with Crippen molar-refractivity contribution in [3.63, 3.8) is 0 Å². The number of benzene rings is 1. The lowest BCUT2D eigenvalue weighted by Gasteiger charge is -2.30. The molecule has 1 aromatic carbocycles. The second-order valence-electron chi connectivity index (χ2n) is 8.64. The van der Waals surface area contributed by atoms with Crippen LogP contribution in [0.15, 0.2) is 35.0 Å². The Kier molecular flexibility index (Phi) is 7.66. The summed E-state index contributed by atoms with van der Waals surface area (Å²) < 4.78 is 19.3. The van der Waals surface area contributed by atoms with E-state index in [2.05, 4.69) is 25.8 Å². The number of nitrogens with zero attached hydrogens (tertiary/aromatic N) is 3. The smallest absolute Gasteiger partial charge is 0.227 e. The number of amides is 2. The van der Waals surface area contributed by atoms with Crippen molar-refractivity contribution in [2.75, 3.05) is 5.32 Å². The Labute approximate surface area is 201 Å². The van der Waals surface area contributed by atoms with Crippen LogP contribution in [-0.2, 0) is 28.0 Å². The van der Waals surface area contributed by atoms with E-state index in [4.69, 9.17) is 4.52 Å². The molecule has 0 aliphatic heterocycles. The van der Waals surface area contributed by atoms with Crippen molar-refractivity contribution in [1.29, 1.82) is 0 Å². The lowest BCUT2D eigenvalue weighted by Crippen LogP contribution is -2.45. The number of aryl methyl sites for hydroxylation is 1. The number of carbonyl (C=O) groups excluding carboxylic acids is 2. The molecule has 1 saturated carbocycles. The molecule has 0 bridgehead atoms. The molecular weight excluding hydrogens is 457 g/mol. The average molecular weight is 486 g/mol. The normalized spacial score (nSPS) is 15.5. The Morgan fingerprint density at radius 3 is 2.68 bits per heavy atom. The summed E-state index contributed by atoms with van der Waals surface area (Å²) in [5.41, 5.74) is -0.0241. The van der Waals surface area contributed by atoms with Crippen molar-refractivity contribution >= 4 is 28.3 Å². The first kappa shape index (κ1) is 24.0. The maximum Gasteiger partial charge on any atom is 0.227 e. The van der Waals surface area contributed by atoms with Gasteiger partial charge in [-0.15, -0.1) is 11.3 Å². The molecule has 0 spiro atoms. The third kappa shape index (κ3) is 6.05. The van der Waals surface area contributed by atoms with E-state index in [1.807, 2.05) is 0 Å². The third-order valence-electron chi connectivity index (χ3n) is 5.96. The van der Waals surface area contributed by atoms with Gasteiger partial charge in [0.15, 0.2) is 11.0 Å². The van der Waals surface area contributed by atoms with E-state index >= 15 is 0 Å². The number of anilines is 1. The zero-order chi connectivity index (χ0) is 24.0. The highest BCUT2D eigenvalue weighted by atomic mass is 32.1. The van der Waals surface area contributed by atoms with Crippen molar-refractivity contribution in [1.82, 2.24) is 20.4 Å². The SMILES string of the molecule is CC(=O)NC1(c2noc(CCC(=O)Nc3ncc(Cc4ccccc4F)s3)n2)CCCCCC1. The topological polar surface area (TPSA) is 110 Å². The zero-order valence-electron chi connectivity index (χ0n) is 19.1. The van der Waals surface area contributed by atoms with Gasteiger partial charge in [0.1, 0.15) is 11.4 Å². The molecule has 2 aromatic heterocycles. The summed E-state index contributed by atoms with van der Waals surface area (Å²) in [5.74, 6) is 0.240. The molecular formula is C24H28FN5O3S. The molecule has 2 N–H and O–H groups in total. The summed E-state index contributed by atoms with van der Waals surface area (Å²) in [6, 6.07) is 6.60. The number of aromatic nitrogens is 3. The van der Waals surface area contributed by atoms with Gasteiger partial charge in [-0.1, -0.05) is 49.0 Å². The first-order valence-corrected chi connectivity index (χ1v) is 12.3. The van der Waals surface area contributed by atoms with E-state index in [0.29, 0.717) is 28.8 Å². The van der Waals surface area contributed by atoms with E-state index in [0.717, 1.165) is 43.4 Å². The molecule has 0 radical (unpaired) electrons. The maximum atomic E-state index is 13.9. The molecule has 1 aliphatic rings. The molecule has 1 fully saturated rings. The van der Waals surface area contributed by atoms with Crippen LogP contribution in [0.2, 0.25) is 0 Å². The monoisotopic (exact) mass is 485 g/mol. The van der Waals surface area contributed by atoms with Gasteiger partial charge >= 0.3 is 0 Å². The van der Waals surface area contributed by atoms with Crippen LogP contribution in [0.25, 0.3) is 0 Å². The van der Waals surface area contributed by atoms with Gasteiger partial charge in [0.05, 0.1) is 0 Å². The van der Waals surface area contributed by atoms with E-state index in [1.165, 1.54) is 24.3 Å². The molecule has 0 saturated heterocycles. The second-order valence-corrected chi connectivity index (χ2v) is 9.75. The van der Waals surface area contributed by atoms with Crippen molar-refractivity contribution in [3.05, 3.63) is 58.4 Å². The minimum absolute atomic E-state index is 0.120. The van der Waals surface area contributed by atoms with Crippen molar-refractivity contribution in [3.8, 4) is 0 Å². The average Bonchev–Trinajstić information content (AvgIpc) is 3.39. The summed E-state index contributed by atoms with van der Waals surface area (Å²) >= 11 is 1.32.